The predicted octanol–water partition coefficient (Wildman–Crippen LogP) is 5.08. The molecule has 0 aliphatic rings. The maximum absolute atomic E-state index is 4.89. The van der Waals surface area contributed by atoms with E-state index < -0.39 is 0 Å². The largest absolute Gasteiger partial charge is 0.345 e. The van der Waals surface area contributed by atoms with E-state index in [0.29, 0.717) is 6.04 Å². The molecule has 0 fully saturated rings. The Labute approximate surface area is 120 Å². The van der Waals surface area contributed by atoms with E-state index >= 15 is 0 Å². The highest BCUT2D eigenvalue weighted by atomic mass is 15.0. The van der Waals surface area contributed by atoms with Gasteiger partial charge in [0, 0.05) is 5.70 Å². The van der Waals surface area contributed by atoms with Crippen molar-refractivity contribution in [2.75, 3.05) is 0 Å². The first-order valence-corrected chi connectivity index (χ1v) is 7.66. The van der Waals surface area contributed by atoms with Gasteiger partial charge in [0.1, 0.15) is 5.84 Å². The number of hydrogen-bond donors (Lipinski definition) is 1. The van der Waals surface area contributed by atoms with Gasteiger partial charge in [-0.15, -0.1) is 0 Å². The minimum atomic E-state index is 0.424. The van der Waals surface area contributed by atoms with E-state index in [1.165, 1.54) is 32.1 Å². The minimum absolute atomic E-state index is 0.424. The summed E-state index contributed by atoms with van der Waals surface area (Å²) in [6, 6.07) is 0.424. The molecule has 2 unspecified atom stereocenters. The van der Waals surface area contributed by atoms with Gasteiger partial charge in [-0.2, -0.15) is 0 Å². The summed E-state index contributed by atoms with van der Waals surface area (Å²) in [5, 5.41) is 3.25. The van der Waals surface area contributed by atoms with Crippen LogP contribution >= 0.6 is 0 Å². The molecule has 0 heterocycles. The molecule has 0 saturated carbocycles. The molecule has 0 aliphatic heterocycles. The van der Waals surface area contributed by atoms with Gasteiger partial charge in [-0.05, 0) is 38.7 Å². The second kappa shape index (κ2) is 10.8. The van der Waals surface area contributed by atoms with Crippen LogP contribution in [0, 0.1) is 5.92 Å². The Morgan fingerprint density at radius 2 is 2.05 bits per heavy atom. The van der Waals surface area contributed by atoms with E-state index in [1.807, 2.05) is 26.0 Å². The van der Waals surface area contributed by atoms with Crippen molar-refractivity contribution < 1.29 is 0 Å². The minimum Gasteiger partial charge on any atom is -0.345 e. The number of unbranched alkanes of at least 4 members (excludes halogenated alkanes) is 1. The summed E-state index contributed by atoms with van der Waals surface area (Å²) in [6.45, 7) is 14.7. The Morgan fingerprint density at radius 1 is 1.37 bits per heavy atom. The highest BCUT2D eigenvalue weighted by molar-refractivity contribution is 5.94. The van der Waals surface area contributed by atoms with Crippen LogP contribution in [0.15, 0.2) is 29.4 Å². The van der Waals surface area contributed by atoms with E-state index in [9.17, 15) is 0 Å². The van der Waals surface area contributed by atoms with Gasteiger partial charge in [0.15, 0.2) is 0 Å². The lowest BCUT2D eigenvalue weighted by Crippen LogP contribution is -2.22. The molecule has 0 bridgehead atoms. The zero-order valence-corrected chi connectivity index (χ0v) is 13.5. The van der Waals surface area contributed by atoms with Gasteiger partial charge in [0.05, 0.1) is 6.04 Å². The molecule has 0 aromatic carbocycles. The van der Waals surface area contributed by atoms with Crippen molar-refractivity contribution in [3.63, 3.8) is 0 Å². The second-order valence-electron chi connectivity index (χ2n) is 5.46. The topological polar surface area (TPSA) is 24.4 Å². The predicted molar refractivity (Wildman–Crippen MR) is 87.6 cm³/mol. The smallest absolute Gasteiger partial charge is 0.124 e. The number of allylic oxidation sites excluding steroid dienone is 2. The number of rotatable bonds is 9. The molecule has 19 heavy (non-hydrogen) atoms. The summed E-state index contributed by atoms with van der Waals surface area (Å²) >= 11 is 0. The summed E-state index contributed by atoms with van der Waals surface area (Å²) in [4.78, 5) is 4.89. The molecule has 0 aliphatic carbocycles. The molecule has 110 valence electrons. The lowest BCUT2D eigenvalue weighted by Gasteiger charge is -2.18. The third-order valence-electron chi connectivity index (χ3n) is 3.25. The van der Waals surface area contributed by atoms with Crippen molar-refractivity contribution in [2.24, 2.45) is 10.9 Å². The summed E-state index contributed by atoms with van der Waals surface area (Å²) < 4.78 is 0. The molecule has 2 nitrogen and oxygen atoms in total. The van der Waals surface area contributed by atoms with Crippen LogP contribution in [0.3, 0.4) is 0 Å². The van der Waals surface area contributed by atoms with Crippen molar-refractivity contribution in [3.05, 3.63) is 24.4 Å². The van der Waals surface area contributed by atoms with Gasteiger partial charge in [-0.1, -0.05) is 52.7 Å². The molecular weight excluding hydrogens is 232 g/mol. The molecule has 1 N–H and O–H groups in total. The van der Waals surface area contributed by atoms with Crippen LogP contribution in [-0.4, -0.2) is 11.9 Å². The number of amidine groups is 1. The van der Waals surface area contributed by atoms with E-state index in [1.54, 1.807) is 0 Å². The SMILES string of the molecule is C=C(C)NC(/C=C\C)=NC(CCCC)CC(C)CC. The maximum Gasteiger partial charge on any atom is 0.124 e. The highest BCUT2D eigenvalue weighted by Crippen LogP contribution is 2.17. The first-order valence-electron chi connectivity index (χ1n) is 7.66. The van der Waals surface area contributed by atoms with Crippen LogP contribution < -0.4 is 5.32 Å². The third-order valence-corrected chi connectivity index (χ3v) is 3.25. The lowest BCUT2D eigenvalue weighted by molar-refractivity contribution is 0.429. The Hall–Kier alpha value is -1.05. The first kappa shape index (κ1) is 17.9. The number of nitrogens with one attached hydrogen (secondary N) is 1. The molecule has 2 heteroatoms. The molecule has 0 saturated heterocycles. The van der Waals surface area contributed by atoms with Crippen LogP contribution in [0.2, 0.25) is 0 Å². The van der Waals surface area contributed by atoms with Crippen molar-refractivity contribution in [1.82, 2.24) is 5.32 Å². The van der Waals surface area contributed by atoms with Crippen molar-refractivity contribution in [3.8, 4) is 0 Å². The van der Waals surface area contributed by atoms with Gasteiger partial charge in [0.25, 0.3) is 0 Å². The van der Waals surface area contributed by atoms with Crippen LogP contribution in [0.25, 0.3) is 0 Å². The maximum atomic E-state index is 4.89. The fraction of sp³-hybridized carbons (Fsp3) is 0.706. The van der Waals surface area contributed by atoms with Gasteiger partial charge in [-0.25, -0.2) is 0 Å². The molecule has 0 aromatic rings. The summed E-state index contributed by atoms with van der Waals surface area (Å²) in [5.41, 5.74) is 0.939. The van der Waals surface area contributed by atoms with Crippen LogP contribution in [-0.2, 0) is 0 Å². The quantitative estimate of drug-likeness (QED) is 0.456. The Kier molecular flexibility index (Phi) is 10.2. The van der Waals surface area contributed by atoms with E-state index in [-0.39, 0.29) is 0 Å². The van der Waals surface area contributed by atoms with Gasteiger partial charge in [0.2, 0.25) is 0 Å². The van der Waals surface area contributed by atoms with Gasteiger partial charge < -0.3 is 5.32 Å². The zero-order chi connectivity index (χ0) is 14.7. The molecule has 0 radical (unpaired) electrons. The number of nitrogens with zero attached hydrogens (tertiary/aromatic N) is 1. The summed E-state index contributed by atoms with van der Waals surface area (Å²) in [7, 11) is 0. The van der Waals surface area contributed by atoms with Crippen molar-refractivity contribution >= 4 is 5.84 Å². The average molecular weight is 264 g/mol. The Balaban J connectivity index is 4.81. The van der Waals surface area contributed by atoms with Crippen molar-refractivity contribution in [2.45, 2.75) is 72.8 Å². The fourth-order valence-electron chi connectivity index (χ4n) is 2.00. The number of aliphatic imine (C=N–C) groups is 1. The summed E-state index contributed by atoms with van der Waals surface area (Å²) in [6.07, 6.45) is 10.1. The average Bonchev–Trinajstić information content (AvgIpc) is 2.35. The zero-order valence-electron chi connectivity index (χ0n) is 13.5. The molecule has 2 atom stereocenters. The molecule has 0 amide bonds. The van der Waals surface area contributed by atoms with E-state index in [0.717, 1.165) is 17.5 Å². The Bertz CT molecular complexity index is 302. The van der Waals surface area contributed by atoms with Crippen molar-refractivity contribution in [1.29, 1.82) is 0 Å². The van der Waals surface area contributed by atoms with Crippen LogP contribution in [0.1, 0.15) is 66.7 Å². The number of hydrogen-bond acceptors (Lipinski definition) is 1. The molecule has 0 aromatic heterocycles. The second-order valence-corrected chi connectivity index (χ2v) is 5.46. The molecule has 0 rings (SSSR count). The molecular formula is C17H32N2. The normalized spacial score (nSPS) is 15.5. The molecule has 0 spiro atoms. The monoisotopic (exact) mass is 264 g/mol. The van der Waals surface area contributed by atoms with Gasteiger partial charge in [-0.3, -0.25) is 4.99 Å². The first-order chi connectivity index (χ1) is 9.03. The fourth-order valence-corrected chi connectivity index (χ4v) is 2.00. The van der Waals surface area contributed by atoms with E-state index in [2.05, 4.69) is 32.7 Å². The Morgan fingerprint density at radius 3 is 2.53 bits per heavy atom. The van der Waals surface area contributed by atoms with Crippen LogP contribution in [0.5, 0.6) is 0 Å². The third kappa shape index (κ3) is 9.52. The van der Waals surface area contributed by atoms with Gasteiger partial charge >= 0.3 is 0 Å². The lowest BCUT2D eigenvalue weighted by atomic mass is 9.96. The highest BCUT2D eigenvalue weighted by Gasteiger charge is 2.11. The van der Waals surface area contributed by atoms with E-state index in [4.69, 9.17) is 4.99 Å². The van der Waals surface area contributed by atoms with Crippen LogP contribution in [0.4, 0.5) is 0 Å². The standard InChI is InChI=1S/C17H32N2/c1-7-10-12-16(13-15(6)9-3)19-17(11-8-2)18-14(4)5/h8,11,15-16H,4,7,9-10,12-13H2,1-3,5-6H3,(H,18,19)/b11-8-. The summed E-state index contributed by atoms with van der Waals surface area (Å²) in [5.74, 6) is 1.68.